The number of methoxy groups -OCH3 is 2. The van der Waals surface area contributed by atoms with Gasteiger partial charge in [0.15, 0.2) is 34.2 Å². The molecule has 0 radical (unpaired) electrons. The lowest BCUT2D eigenvalue weighted by Gasteiger charge is -2.24. The third kappa shape index (κ3) is 9.71. The summed E-state index contributed by atoms with van der Waals surface area (Å²) in [7, 11) is 2.50. The highest BCUT2D eigenvalue weighted by Crippen LogP contribution is 2.29. The van der Waals surface area contributed by atoms with Gasteiger partial charge in [0.05, 0.1) is 20.3 Å². The molecule has 0 aromatic carbocycles. The van der Waals surface area contributed by atoms with Crippen molar-refractivity contribution in [3.8, 4) is 46.3 Å². The molecule has 0 aliphatic carbocycles. The maximum absolute atomic E-state index is 12.2. The van der Waals surface area contributed by atoms with Crippen molar-refractivity contribution in [3.05, 3.63) is 60.7 Å². The van der Waals surface area contributed by atoms with E-state index in [9.17, 15) is 14.4 Å². The van der Waals surface area contributed by atoms with Gasteiger partial charge < -0.3 is 51.8 Å². The van der Waals surface area contributed by atoms with Gasteiger partial charge in [-0.25, -0.2) is 44.3 Å². The minimum Gasteiger partial charge on any atom is -0.464 e. The van der Waals surface area contributed by atoms with Crippen LogP contribution in [0.3, 0.4) is 0 Å². The Bertz CT molecular complexity index is 2210. The molecule has 292 valence electrons. The summed E-state index contributed by atoms with van der Waals surface area (Å²) in [5.41, 5.74) is 6.73. The van der Waals surface area contributed by atoms with Gasteiger partial charge in [-0.2, -0.15) is 0 Å². The van der Waals surface area contributed by atoms with E-state index in [0.717, 1.165) is 0 Å². The topological polar surface area (TPSA) is 273 Å². The second kappa shape index (κ2) is 16.6. The summed E-state index contributed by atoms with van der Waals surface area (Å²) in [4.78, 5) is 60.2. The Hall–Kier alpha value is -6.57. The molecule has 20 nitrogen and oxygen atoms in total. The van der Waals surface area contributed by atoms with Gasteiger partial charge in [-0.05, 0) is 32.6 Å². The quantitative estimate of drug-likeness (QED) is 0.106. The van der Waals surface area contributed by atoms with Gasteiger partial charge in [0.25, 0.3) is 0 Å². The second-order valence-electron chi connectivity index (χ2n) is 13.4. The number of carbonyl (C=O) groups is 3. The molecule has 6 rings (SSSR count). The van der Waals surface area contributed by atoms with Gasteiger partial charge in [0.1, 0.15) is 49.2 Å². The van der Waals surface area contributed by atoms with E-state index in [1.165, 1.54) is 51.8 Å². The van der Waals surface area contributed by atoms with E-state index in [4.69, 9.17) is 37.0 Å². The summed E-state index contributed by atoms with van der Waals surface area (Å²) in [5.74, 6) is 0.220. The van der Waals surface area contributed by atoms with Crippen LogP contribution in [0.4, 0.5) is 4.79 Å². The third-order valence-corrected chi connectivity index (χ3v) is 7.33. The highest BCUT2D eigenvalue weighted by molar-refractivity contribution is 5.87. The molecule has 1 amide bonds. The SMILES string of the molecule is COC(=O)c1coc(-c2coc(-c3coc(C(N)C(C)C)n3)n2)n1.COC(=O)c1coc(-c2coc(-c3coc(C(NC(=O)OC(C)(C)C)C(C)C)n3)n2)n1. The van der Waals surface area contributed by atoms with Gasteiger partial charge in [-0.15, -0.1) is 0 Å². The molecule has 0 aliphatic rings. The Morgan fingerprint density at radius 3 is 1.44 bits per heavy atom. The molecule has 0 bridgehead atoms. The van der Waals surface area contributed by atoms with Crippen molar-refractivity contribution >= 4 is 18.0 Å². The summed E-state index contributed by atoms with van der Waals surface area (Å²) in [6.45, 7) is 13.1. The van der Waals surface area contributed by atoms with Crippen LogP contribution < -0.4 is 11.1 Å². The summed E-state index contributed by atoms with van der Waals surface area (Å²) >= 11 is 0. The molecule has 6 aromatic rings. The van der Waals surface area contributed by atoms with E-state index in [1.54, 1.807) is 20.8 Å². The first-order valence-electron chi connectivity index (χ1n) is 16.7. The Kier molecular flexibility index (Phi) is 12.0. The molecule has 2 atom stereocenters. The van der Waals surface area contributed by atoms with E-state index in [1.807, 2.05) is 27.7 Å². The zero-order chi connectivity index (χ0) is 40.0. The van der Waals surface area contributed by atoms with Crippen molar-refractivity contribution < 1.29 is 55.1 Å². The lowest BCUT2D eigenvalue weighted by atomic mass is 10.0. The fourth-order valence-electron chi connectivity index (χ4n) is 4.46. The first-order chi connectivity index (χ1) is 26.1. The molecule has 0 spiro atoms. The number of nitrogens with zero attached hydrogens (tertiary/aromatic N) is 6. The monoisotopic (exact) mass is 764 g/mol. The smallest absolute Gasteiger partial charge is 0.408 e. The number of amides is 1. The standard InChI is InChI=1S/C20H24N4O7.C15H16N4O5/c1-10(2)14(24-19(26)31-20(3,4)5)17-22-12(8-30-17)15-21-11(7-28-15)16-23-13(9-29-16)18(25)27-6;1-7(2)11(16)14-18-9(5-24-14)12-17-8(4-22-12)13-19-10(6-23-13)15(20)21-3/h7-10,14H,1-6H3,(H,24,26);4-7,11H,16H2,1-3H3. The van der Waals surface area contributed by atoms with Crippen LogP contribution in [0, 0.1) is 11.8 Å². The Morgan fingerprint density at radius 2 is 1.00 bits per heavy atom. The molecule has 6 heterocycles. The number of nitrogens with one attached hydrogen (secondary N) is 1. The largest absolute Gasteiger partial charge is 0.464 e. The summed E-state index contributed by atoms with van der Waals surface area (Å²) in [6, 6.07) is -0.838. The molecular weight excluding hydrogens is 724 g/mol. The fourth-order valence-corrected chi connectivity index (χ4v) is 4.46. The lowest BCUT2D eigenvalue weighted by molar-refractivity contribution is 0.0477. The van der Waals surface area contributed by atoms with Crippen molar-refractivity contribution in [3.63, 3.8) is 0 Å². The first-order valence-corrected chi connectivity index (χ1v) is 16.7. The van der Waals surface area contributed by atoms with Crippen LogP contribution >= 0.6 is 0 Å². The molecular formula is C35H40N8O12. The average Bonchev–Trinajstić information content (AvgIpc) is 3.98. The van der Waals surface area contributed by atoms with Crippen LogP contribution in [0.1, 0.15) is 93.3 Å². The zero-order valence-corrected chi connectivity index (χ0v) is 31.4. The summed E-state index contributed by atoms with van der Waals surface area (Å²) in [6.07, 6.45) is 7.23. The number of nitrogens with two attached hydrogens (primary N) is 1. The Morgan fingerprint density at radius 1 is 0.600 bits per heavy atom. The number of rotatable bonds is 11. The Balaban J connectivity index is 0.000000218. The number of ether oxygens (including phenoxy) is 3. The van der Waals surface area contributed by atoms with Crippen LogP contribution in [-0.4, -0.2) is 67.8 Å². The molecule has 0 saturated heterocycles. The number of hydrogen-bond acceptors (Lipinski definition) is 19. The zero-order valence-electron chi connectivity index (χ0n) is 31.4. The molecule has 0 saturated carbocycles. The lowest BCUT2D eigenvalue weighted by Crippen LogP contribution is -2.37. The van der Waals surface area contributed by atoms with Crippen molar-refractivity contribution in [2.75, 3.05) is 14.2 Å². The average molecular weight is 765 g/mol. The summed E-state index contributed by atoms with van der Waals surface area (Å²) < 4.78 is 46.6. The fraction of sp³-hybridized carbons (Fsp3) is 0.400. The number of oxazole rings is 6. The summed E-state index contributed by atoms with van der Waals surface area (Å²) in [5, 5.41) is 2.77. The molecule has 2 unspecified atom stereocenters. The van der Waals surface area contributed by atoms with Crippen LogP contribution in [0.25, 0.3) is 46.3 Å². The maximum Gasteiger partial charge on any atom is 0.408 e. The number of esters is 2. The molecule has 6 aromatic heterocycles. The van der Waals surface area contributed by atoms with E-state index in [-0.39, 0.29) is 64.4 Å². The van der Waals surface area contributed by atoms with E-state index >= 15 is 0 Å². The second-order valence-corrected chi connectivity index (χ2v) is 13.4. The molecule has 3 N–H and O–H groups in total. The van der Waals surface area contributed by atoms with Crippen molar-refractivity contribution in [2.24, 2.45) is 17.6 Å². The van der Waals surface area contributed by atoms with Crippen LogP contribution in [0.5, 0.6) is 0 Å². The number of alkyl carbamates (subject to hydrolysis) is 1. The predicted molar refractivity (Wildman–Crippen MR) is 186 cm³/mol. The van der Waals surface area contributed by atoms with Gasteiger partial charge in [0, 0.05) is 0 Å². The number of aromatic nitrogens is 6. The molecule has 20 heteroatoms. The van der Waals surface area contributed by atoms with Gasteiger partial charge in [0.2, 0.25) is 35.3 Å². The number of carbonyl (C=O) groups excluding carboxylic acids is 3. The third-order valence-electron chi connectivity index (χ3n) is 7.33. The van der Waals surface area contributed by atoms with Crippen molar-refractivity contribution in [1.29, 1.82) is 0 Å². The van der Waals surface area contributed by atoms with E-state index < -0.39 is 29.7 Å². The van der Waals surface area contributed by atoms with Gasteiger partial charge in [-0.3, -0.25) is 0 Å². The van der Waals surface area contributed by atoms with Crippen molar-refractivity contribution in [1.82, 2.24) is 35.2 Å². The molecule has 0 fully saturated rings. The molecule has 55 heavy (non-hydrogen) atoms. The first kappa shape index (κ1) is 39.6. The Labute approximate surface area is 313 Å². The van der Waals surface area contributed by atoms with Gasteiger partial charge >= 0.3 is 18.0 Å². The minimum absolute atomic E-state index is 0.0127. The highest BCUT2D eigenvalue weighted by atomic mass is 16.6. The predicted octanol–water partition coefficient (Wildman–Crippen LogP) is 6.42. The number of hydrogen-bond donors (Lipinski definition) is 2. The van der Waals surface area contributed by atoms with Crippen LogP contribution in [0.2, 0.25) is 0 Å². The van der Waals surface area contributed by atoms with E-state index in [2.05, 4.69) is 44.7 Å². The maximum atomic E-state index is 12.2. The van der Waals surface area contributed by atoms with Crippen LogP contribution in [-0.2, 0) is 14.2 Å². The molecule has 0 aliphatic heterocycles. The van der Waals surface area contributed by atoms with Gasteiger partial charge in [-0.1, -0.05) is 27.7 Å². The van der Waals surface area contributed by atoms with Crippen molar-refractivity contribution in [2.45, 2.75) is 66.2 Å². The minimum atomic E-state index is -0.629. The normalized spacial score (nSPS) is 12.6. The highest BCUT2D eigenvalue weighted by Gasteiger charge is 2.28. The van der Waals surface area contributed by atoms with E-state index in [0.29, 0.717) is 23.0 Å². The van der Waals surface area contributed by atoms with Crippen LogP contribution in [0.15, 0.2) is 64.1 Å².